The quantitative estimate of drug-likeness (QED) is 0.813. The molecule has 4 nitrogen and oxygen atoms in total. The summed E-state index contributed by atoms with van der Waals surface area (Å²) in [6, 6.07) is 2.19. The van der Waals surface area contributed by atoms with E-state index in [4.69, 9.17) is 5.73 Å². The molecule has 0 radical (unpaired) electrons. The average molecular weight is 223 g/mol. The lowest BCUT2D eigenvalue weighted by Gasteiger charge is -2.35. The first-order valence-electron chi connectivity index (χ1n) is 6.16. The van der Waals surface area contributed by atoms with Crippen LogP contribution in [-0.2, 0) is 12.1 Å². The van der Waals surface area contributed by atoms with Gasteiger partial charge in [0, 0.05) is 18.8 Å². The minimum absolute atomic E-state index is 0.253. The molecular weight excluding hydrogens is 202 g/mol. The summed E-state index contributed by atoms with van der Waals surface area (Å²) < 4.78 is 1.93. The highest BCUT2D eigenvalue weighted by molar-refractivity contribution is 5.13. The molecule has 0 bridgehead atoms. The first-order valence-corrected chi connectivity index (χ1v) is 6.16. The number of aryl methyl sites for hydroxylation is 1. The van der Waals surface area contributed by atoms with Gasteiger partial charge in [0.25, 0.3) is 0 Å². The summed E-state index contributed by atoms with van der Waals surface area (Å²) in [5, 5.41) is 14.9. The summed E-state index contributed by atoms with van der Waals surface area (Å²) in [7, 11) is 0. The van der Waals surface area contributed by atoms with E-state index in [0.717, 1.165) is 44.3 Å². The molecule has 0 aliphatic heterocycles. The molecule has 1 heterocycles. The number of rotatable bonds is 3. The molecular formula is C12H21N3O. The fourth-order valence-corrected chi connectivity index (χ4v) is 2.49. The van der Waals surface area contributed by atoms with Gasteiger partial charge in [-0.3, -0.25) is 4.68 Å². The Bertz CT molecular complexity index is 340. The van der Waals surface area contributed by atoms with Gasteiger partial charge < -0.3 is 10.8 Å². The standard InChI is InChI=1S/C12H21N3O/c1-2-9-15-11(5-8-14-15)12(16)6-3-10(13)4-7-12/h5,8,10,16H,2-4,6-7,9,13H2,1H3. The van der Waals surface area contributed by atoms with Crippen LogP contribution >= 0.6 is 0 Å². The van der Waals surface area contributed by atoms with Gasteiger partial charge in [-0.15, -0.1) is 0 Å². The van der Waals surface area contributed by atoms with Gasteiger partial charge in [0.05, 0.1) is 5.69 Å². The fourth-order valence-electron chi connectivity index (χ4n) is 2.49. The van der Waals surface area contributed by atoms with E-state index in [9.17, 15) is 5.11 Å². The van der Waals surface area contributed by atoms with E-state index >= 15 is 0 Å². The molecule has 1 aliphatic rings. The molecule has 90 valence electrons. The lowest BCUT2D eigenvalue weighted by Crippen LogP contribution is -2.38. The van der Waals surface area contributed by atoms with E-state index in [2.05, 4.69) is 12.0 Å². The zero-order valence-electron chi connectivity index (χ0n) is 9.89. The molecule has 0 amide bonds. The smallest absolute Gasteiger partial charge is 0.106 e. The molecule has 1 fully saturated rings. The molecule has 1 aliphatic carbocycles. The van der Waals surface area contributed by atoms with Crippen molar-refractivity contribution in [1.29, 1.82) is 0 Å². The molecule has 1 aromatic heterocycles. The Hall–Kier alpha value is -0.870. The van der Waals surface area contributed by atoms with Crippen molar-refractivity contribution in [2.24, 2.45) is 5.73 Å². The highest BCUT2D eigenvalue weighted by Gasteiger charge is 2.36. The molecule has 0 unspecified atom stereocenters. The van der Waals surface area contributed by atoms with Crippen molar-refractivity contribution in [1.82, 2.24) is 9.78 Å². The topological polar surface area (TPSA) is 64.1 Å². The Morgan fingerprint density at radius 3 is 2.88 bits per heavy atom. The van der Waals surface area contributed by atoms with E-state index in [-0.39, 0.29) is 6.04 Å². The van der Waals surface area contributed by atoms with Crippen molar-refractivity contribution in [2.75, 3.05) is 0 Å². The molecule has 3 N–H and O–H groups in total. The number of hydrogen-bond donors (Lipinski definition) is 2. The second kappa shape index (κ2) is 4.55. The van der Waals surface area contributed by atoms with Gasteiger partial charge in [-0.05, 0) is 38.2 Å². The molecule has 0 spiro atoms. The van der Waals surface area contributed by atoms with E-state index in [0.29, 0.717) is 0 Å². The number of hydrogen-bond acceptors (Lipinski definition) is 3. The molecule has 2 rings (SSSR count). The SMILES string of the molecule is CCCn1nccc1C1(O)CCC(N)CC1. The van der Waals surface area contributed by atoms with E-state index < -0.39 is 5.60 Å². The molecule has 1 aromatic rings. The monoisotopic (exact) mass is 223 g/mol. The Morgan fingerprint density at radius 2 is 2.25 bits per heavy atom. The van der Waals surface area contributed by atoms with Crippen LogP contribution in [-0.4, -0.2) is 20.9 Å². The van der Waals surface area contributed by atoms with E-state index in [1.807, 2.05) is 10.7 Å². The van der Waals surface area contributed by atoms with Crippen molar-refractivity contribution in [2.45, 2.75) is 57.2 Å². The summed E-state index contributed by atoms with van der Waals surface area (Å²) in [4.78, 5) is 0. The minimum Gasteiger partial charge on any atom is -0.384 e. The Balaban J connectivity index is 2.18. The van der Waals surface area contributed by atoms with Crippen LogP contribution < -0.4 is 5.73 Å². The zero-order valence-corrected chi connectivity index (χ0v) is 9.89. The molecule has 0 aromatic carbocycles. The van der Waals surface area contributed by atoms with Crippen LogP contribution in [0.4, 0.5) is 0 Å². The highest BCUT2D eigenvalue weighted by Crippen LogP contribution is 2.36. The Morgan fingerprint density at radius 1 is 1.56 bits per heavy atom. The van der Waals surface area contributed by atoms with Crippen LogP contribution in [0.25, 0.3) is 0 Å². The average Bonchev–Trinajstić information content (AvgIpc) is 2.72. The van der Waals surface area contributed by atoms with Gasteiger partial charge in [0.2, 0.25) is 0 Å². The van der Waals surface area contributed by atoms with Crippen molar-refractivity contribution in [3.63, 3.8) is 0 Å². The second-order valence-corrected chi connectivity index (χ2v) is 4.81. The summed E-state index contributed by atoms with van der Waals surface area (Å²) in [5.41, 5.74) is 6.13. The number of nitrogens with zero attached hydrogens (tertiary/aromatic N) is 2. The van der Waals surface area contributed by atoms with Gasteiger partial charge in [-0.1, -0.05) is 6.92 Å². The summed E-state index contributed by atoms with van der Waals surface area (Å²) in [5.74, 6) is 0. The molecule has 0 atom stereocenters. The van der Waals surface area contributed by atoms with Crippen molar-refractivity contribution in [3.05, 3.63) is 18.0 Å². The molecule has 1 saturated carbocycles. The van der Waals surface area contributed by atoms with Gasteiger partial charge in [-0.25, -0.2) is 0 Å². The summed E-state index contributed by atoms with van der Waals surface area (Å²) in [6.07, 6.45) is 6.11. The third kappa shape index (κ3) is 2.13. The Kier molecular flexibility index (Phi) is 3.30. The summed E-state index contributed by atoms with van der Waals surface area (Å²) in [6.45, 7) is 2.99. The number of aromatic nitrogens is 2. The largest absolute Gasteiger partial charge is 0.384 e. The molecule has 0 saturated heterocycles. The van der Waals surface area contributed by atoms with Crippen LogP contribution in [0.15, 0.2) is 12.3 Å². The van der Waals surface area contributed by atoms with Gasteiger partial charge in [0.1, 0.15) is 5.60 Å². The second-order valence-electron chi connectivity index (χ2n) is 4.81. The highest BCUT2D eigenvalue weighted by atomic mass is 16.3. The number of aliphatic hydroxyl groups is 1. The van der Waals surface area contributed by atoms with Crippen LogP contribution in [0, 0.1) is 0 Å². The van der Waals surface area contributed by atoms with Crippen LogP contribution in [0.5, 0.6) is 0 Å². The van der Waals surface area contributed by atoms with Crippen molar-refractivity contribution in [3.8, 4) is 0 Å². The first kappa shape index (κ1) is 11.6. The Labute approximate surface area is 96.5 Å². The third-order valence-corrected chi connectivity index (χ3v) is 3.49. The molecule has 4 heteroatoms. The fraction of sp³-hybridized carbons (Fsp3) is 0.750. The lowest BCUT2D eigenvalue weighted by molar-refractivity contribution is -0.0130. The van der Waals surface area contributed by atoms with Gasteiger partial charge in [0.15, 0.2) is 0 Å². The maximum atomic E-state index is 10.6. The maximum absolute atomic E-state index is 10.6. The van der Waals surface area contributed by atoms with Crippen LogP contribution in [0.2, 0.25) is 0 Å². The van der Waals surface area contributed by atoms with Crippen LogP contribution in [0.1, 0.15) is 44.7 Å². The van der Waals surface area contributed by atoms with E-state index in [1.165, 1.54) is 0 Å². The molecule has 16 heavy (non-hydrogen) atoms. The minimum atomic E-state index is -0.707. The predicted octanol–water partition coefficient (Wildman–Crippen LogP) is 1.38. The summed E-state index contributed by atoms with van der Waals surface area (Å²) >= 11 is 0. The third-order valence-electron chi connectivity index (χ3n) is 3.49. The maximum Gasteiger partial charge on any atom is 0.106 e. The lowest BCUT2D eigenvalue weighted by atomic mass is 9.80. The first-order chi connectivity index (χ1) is 7.65. The van der Waals surface area contributed by atoms with Crippen molar-refractivity contribution < 1.29 is 5.11 Å². The van der Waals surface area contributed by atoms with E-state index in [1.54, 1.807) is 6.20 Å². The van der Waals surface area contributed by atoms with Crippen molar-refractivity contribution >= 4 is 0 Å². The van der Waals surface area contributed by atoms with Gasteiger partial charge in [-0.2, -0.15) is 5.10 Å². The van der Waals surface area contributed by atoms with Gasteiger partial charge >= 0.3 is 0 Å². The zero-order chi connectivity index (χ0) is 11.6. The predicted molar refractivity (Wildman–Crippen MR) is 62.9 cm³/mol. The number of nitrogens with two attached hydrogens (primary N) is 1. The van der Waals surface area contributed by atoms with Crippen LogP contribution in [0.3, 0.4) is 0 Å². The normalized spacial score (nSPS) is 30.6.